The van der Waals surface area contributed by atoms with Crippen LogP contribution in [0.25, 0.3) is 0 Å². The van der Waals surface area contributed by atoms with Gasteiger partial charge in [-0.05, 0) is 96.9 Å². The molecule has 0 atom stereocenters. The zero-order valence-electron chi connectivity index (χ0n) is 34.3. The summed E-state index contributed by atoms with van der Waals surface area (Å²) in [4.78, 5) is 26.8. The van der Waals surface area contributed by atoms with Crippen molar-refractivity contribution in [2.24, 2.45) is 0 Å². The molecule has 0 unspecified atom stereocenters. The fourth-order valence-corrected chi connectivity index (χ4v) is 6.90. The number of hydrogen-bond donors (Lipinski definition) is 2. The number of halogens is 1. The Morgan fingerprint density at radius 1 is 0.490 bits per heavy atom. The van der Waals surface area contributed by atoms with Gasteiger partial charge >= 0.3 is 0 Å². The Kier molecular flexibility index (Phi) is 40.3. The molecule has 6 heteroatoms. The number of nitrogens with zero attached hydrogens (tertiary/aromatic N) is 1. The Morgan fingerprint density at radius 2 is 0.804 bits per heavy atom. The predicted molar refractivity (Wildman–Crippen MR) is 226 cm³/mol. The van der Waals surface area contributed by atoms with Crippen molar-refractivity contribution in [3.8, 4) is 0 Å². The SMILES string of the molecule is CCCCCCCCC=CCCCCCCCC(=O)NCCCC(CCCNC(=O)CCCCCCCC=CCCCCCCCC)N(C)CCl. The number of nitrogens with one attached hydrogen (secondary N) is 2. The number of amides is 2. The summed E-state index contributed by atoms with van der Waals surface area (Å²) in [6, 6.07) is 0.862. The van der Waals surface area contributed by atoms with Crippen LogP contribution in [0.3, 0.4) is 0 Å². The molecule has 0 aromatic carbocycles. The van der Waals surface area contributed by atoms with Gasteiger partial charge in [0.1, 0.15) is 0 Å². The first-order valence-electron chi connectivity index (χ1n) is 22.1. The lowest BCUT2D eigenvalue weighted by atomic mass is 10.0. The van der Waals surface area contributed by atoms with Crippen LogP contribution in [0.1, 0.15) is 219 Å². The molecule has 2 amide bonds. The van der Waals surface area contributed by atoms with E-state index in [0.29, 0.717) is 24.9 Å². The summed E-state index contributed by atoms with van der Waals surface area (Å²) >= 11 is 6.16. The molecular weight excluding hydrogens is 650 g/mol. The van der Waals surface area contributed by atoms with E-state index >= 15 is 0 Å². The highest BCUT2D eigenvalue weighted by molar-refractivity contribution is 6.17. The van der Waals surface area contributed by atoms with Crippen LogP contribution >= 0.6 is 11.6 Å². The van der Waals surface area contributed by atoms with Crippen molar-refractivity contribution in [2.45, 2.75) is 225 Å². The van der Waals surface area contributed by atoms with Crippen LogP contribution in [0.15, 0.2) is 24.3 Å². The zero-order chi connectivity index (χ0) is 37.3. The topological polar surface area (TPSA) is 61.4 Å². The van der Waals surface area contributed by atoms with Gasteiger partial charge in [0, 0.05) is 32.0 Å². The lowest BCUT2D eigenvalue weighted by Gasteiger charge is -2.26. The third-order valence-electron chi connectivity index (χ3n) is 10.2. The molecule has 0 bridgehead atoms. The molecule has 5 nitrogen and oxygen atoms in total. The van der Waals surface area contributed by atoms with Crippen LogP contribution in [0.4, 0.5) is 0 Å². The number of unbranched alkanes of at least 4 members (excludes halogenated alkanes) is 22. The molecule has 300 valence electrons. The average molecular weight is 737 g/mol. The van der Waals surface area contributed by atoms with Gasteiger partial charge in [0.25, 0.3) is 0 Å². The molecule has 2 N–H and O–H groups in total. The summed E-state index contributed by atoms with van der Waals surface area (Å²) in [7, 11) is 2.06. The number of carbonyl (C=O) groups excluding carboxylic acids is 2. The average Bonchev–Trinajstić information content (AvgIpc) is 3.13. The fourth-order valence-electron chi connectivity index (χ4n) is 6.70. The van der Waals surface area contributed by atoms with Gasteiger partial charge in [-0.15, -0.1) is 11.6 Å². The number of alkyl halides is 1. The van der Waals surface area contributed by atoms with Gasteiger partial charge in [-0.3, -0.25) is 14.5 Å². The summed E-state index contributed by atoms with van der Waals surface area (Å²) in [6.45, 7) is 6.00. The molecule has 0 aromatic rings. The van der Waals surface area contributed by atoms with E-state index < -0.39 is 0 Å². The van der Waals surface area contributed by atoms with Crippen molar-refractivity contribution in [2.75, 3.05) is 26.1 Å². The lowest BCUT2D eigenvalue weighted by molar-refractivity contribution is -0.122. The van der Waals surface area contributed by atoms with Crippen LogP contribution < -0.4 is 10.6 Å². The summed E-state index contributed by atoms with van der Waals surface area (Å²) < 4.78 is 0. The number of carbonyl (C=O) groups is 2. The summed E-state index contributed by atoms with van der Waals surface area (Å²) in [6.07, 6.45) is 47.8. The van der Waals surface area contributed by atoms with Crippen molar-refractivity contribution in [3.63, 3.8) is 0 Å². The molecule has 51 heavy (non-hydrogen) atoms. The van der Waals surface area contributed by atoms with E-state index in [9.17, 15) is 9.59 Å². The number of hydrogen-bond acceptors (Lipinski definition) is 3. The van der Waals surface area contributed by atoms with E-state index in [4.69, 9.17) is 11.6 Å². The van der Waals surface area contributed by atoms with Gasteiger partial charge in [-0.1, -0.05) is 141 Å². The highest BCUT2D eigenvalue weighted by atomic mass is 35.5. The Bertz CT molecular complexity index is 742. The second-order valence-electron chi connectivity index (χ2n) is 15.2. The lowest BCUT2D eigenvalue weighted by Crippen LogP contribution is -2.33. The normalized spacial score (nSPS) is 12.4. The molecule has 0 spiro atoms. The predicted octanol–water partition coefficient (Wildman–Crippen LogP) is 13.4. The fraction of sp³-hybridized carbons (Fsp3) is 0.867. The van der Waals surface area contributed by atoms with Crippen molar-refractivity contribution in [1.29, 1.82) is 0 Å². The van der Waals surface area contributed by atoms with E-state index in [0.717, 1.165) is 64.5 Å². The number of rotatable bonds is 40. The Balaban J connectivity index is 3.71. The van der Waals surface area contributed by atoms with Crippen LogP contribution in [0.5, 0.6) is 0 Å². The molecular formula is C45H86ClN3O2. The van der Waals surface area contributed by atoms with Crippen molar-refractivity contribution < 1.29 is 9.59 Å². The standard InChI is InChI=1S/C45H86ClN3O2/c1-4-6-8-10-12-14-16-18-20-22-24-26-28-30-32-38-44(50)47-40-34-36-43(49(3)42-46)37-35-41-48-45(51)39-33-31-29-27-25-23-21-19-17-15-13-11-9-7-5-2/h18-21,43H,4-17,22-42H2,1-3H3,(H,47,50)(H,48,51). The van der Waals surface area contributed by atoms with Crippen molar-refractivity contribution in [1.82, 2.24) is 15.5 Å². The van der Waals surface area contributed by atoms with Gasteiger partial charge < -0.3 is 10.6 Å². The van der Waals surface area contributed by atoms with Gasteiger partial charge in [-0.25, -0.2) is 0 Å². The summed E-state index contributed by atoms with van der Waals surface area (Å²) in [5, 5.41) is 6.24. The van der Waals surface area contributed by atoms with Crippen molar-refractivity contribution >= 4 is 23.4 Å². The van der Waals surface area contributed by atoms with E-state index in [1.807, 2.05) is 0 Å². The molecule has 0 heterocycles. The molecule has 0 saturated heterocycles. The van der Waals surface area contributed by atoms with Crippen LogP contribution in [-0.2, 0) is 9.59 Å². The minimum absolute atomic E-state index is 0.184. The highest BCUT2D eigenvalue weighted by Gasteiger charge is 2.14. The largest absolute Gasteiger partial charge is 0.356 e. The maximum Gasteiger partial charge on any atom is 0.219 e. The quantitative estimate of drug-likeness (QED) is 0.0285. The monoisotopic (exact) mass is 736 g/mol. The zero-order valence-corrected chi connectivity index (χ0v) is 35.0. The Morgan fingerprint density at radius 3 is 1.14 bits per heavy atom. The first-order valence-corrected chi connectivity index (χ1v) is 22.7. The highest BCUT2D eigenvalue weighted by Crippen LogP contribution is 2.14. The second-order valence-corrected chi connectivity index (χ2v) is 15.4. The van der Waals surface area contributed by atoms with Gasteiger partial charge in [-0.2, -0.15) is 0 Å². The van der Waals surface area contributed by atoms with Crippen LogP contribution in [0.2, 0.25) is 0 Å². The molecule has 0 aliphatic rings. The summed E-state index contributed by atoms with van der Waals surface area (Å²) in [5.41, 5.74) is 0. The molecule has 0 aliphatic heterocycles. The maximum absolute atomic E-state index is 12.3. The third-order valence-corrected chi connectivity index (χ3v) is 10.6. The first kappa shape index (κ1) is 49.7. The van der Waals surface area contributed by atoms with E-state index in [2.05, 4.69) is 60.7 Å². The van der Waals surface area contributed by atoms with Gasteiger partial charge in [0.05, 0.1) is 6.00 Å². The summed E-state index contributed by atoms with van der Waals surface area (Å²) in [5.74, 6) is 0.368. The first-order chi connectivity index (χ1) is 25.0. The molecule has 0 radical (unpaired) electrons. The second kappa shape index (κ2) is 41.4. The van der Waals surface area contributed by atoms with Crippen molar-refractivity contribution in [3.05, 3.63) is 24.3 Å². The maximum atomic E-state index is 12.3. The molecule has 0 saturated carbocycles. The van der Waals surface area contributed by atoms with Crippen LogP contribution in [-0.4, -0.2) is 48.9 Å². The third kappa shape index (κ3) is 38.2. The minimum Gasteiger partial charge on any atom is -0.356 e. The molecule has 0 aliphatic carbocycles. The van der Waals surface area contributed by atoms with Crippen LogP contribution in [0, 0.1) is 0 Å². The molecule has 0 aromatic heterocycles. The van der Waals surface area contributed by atoms with E-state index in [1.165, 1.54) is 141 Å². The minimum atomic E-state index is 0.184. The molecule has 0 rings (SSSR count). The van der Waals surface area contributed by atoms with E-state index in [-0.39, 0.29) is 11.8 Å². The van der Waals surface area contributed by atoms with E-state index in [1.54, 1.807) is 0 Å². The van der Waals surface area contributed by atoms with Gasteiger partial charge in [0.2, 0.25) is 11.8 Å². The number of allylic oxidation sites excluding steroid dienone is 4. The molecule has 0 fully saturated rings. The Labute approximate surface area is 323 Å². The smallest absolute Gasteiger partial charge is 0.219 e. The Hall–Kier alpha value is -1.33. The van der Waals surface area contributed by atoms with Gasteiger partial charge in [0.15, 0.2) is 0 Å².